The fourth-order valence-corrected chi connectivity index (χ4v) is 9.09. The Morgan fingerprint density at radius 3 is 1.53 bits per heavy atom. The Balaban J connectivity index is 0.000000166. The van der Waals surface area contributed by atoms with Crippen LogP contribution in [0, 0.1) is 23.7 Å². The van der Waals surface area contributed by atoms with E-state index in [4.69, 9.17) is 128 Å². The minimum atomic E-state index is -1.84. The first kappa shape index (κ1) is 41.9. The number of fused-ring (bicyclic) bond motifs is 3. The van der Waals surface area contributed by atoms with Crippen molar-refractivity contribution >= 4 is 187 Å². The molecule has 4 unspecified atom stereocenters. The summed E-state index contributed by atoms with van der Waals surface area (Å²) in [5.74, 6) is -2.90. The number of rotatable bonds is 4. The van der Waals surface area contributed by atoms with Gasteiger partial charge in [-0.05, 0) is 31.7 Å². The van der Waals surface area contributed by atoms with Crippen LogP contribution in [0.15, 0.2) is 48.6 Å². The van der Waals surface area contributed by atoms with Crippen molar-refractivity contribution in [1.82, 2.24) is 13.5 Å². The lowest BCUT2D eigenvalue weighted by Gasteiger charge is -2.24. The first-order valence-electron chi connectivity index (χ1n) is 13.9. The Bertz CT molecular complexity index is 1560. The molecule has 6 rings (SSSR count). The van der Waals surface area contributed by atoms with Crippen molar-refractivity contribution in [2.24, 2.45) is 23.7 Å². The molecule has 0 aromatic heterocycles. The van der Waals surface area contributed by atoms with Crippen molar-refractivity contribution in [2.45, 2.75) is 41.2 Å². The molecule has 3 heterocycles. The van der Waals surface area contributed by atoms with Gasteiger partial charge < -0.3 is 0 Å². The summed E-state index contributed by atoms with van der Waals surface area (Å²) in [7, 11) is 0. The van der Waals surface area contributed by atoms with Crippen LogP contribution in [0.1, 0.15) is 41.6 Å². The molecule has 1 aromatic carbocycles. The molecule has 0 radical (unpaired) electrons. The number of hydrogen-bond donors (Lipinski definition) is 0. The molecule has 5 amide bonds. The molecule has 2 saturated heterocycles. The molecule has 0 spiro atoms. The molecule has 5 aliphatic rings. The quantitative estimate of drug-likeness (QED) is 0.0737. The van der Waals surface area contributed by atoms with Crippen LogP contribution in [0.2, 0.25) is 0 Å². The van der Waals surface area contributed by atoms with E-state index in [1.165, 1.54) is 0 Å². The highest BCUT2D eigenvalue weighted by Crippen LogP contribution is 2.49. The number of hydrogen-bond acceptors (Lipinski definition) is 8. The van der Waals surface area contributed by atoms with E-state index in [0.717, 1.165) is 26.4 Å². The van der Waals surface area contributed by atoms with Crippen LogP contribution in [0.4, 0.5) is 0 Å². The molecule has 49 heavy (non-hydrogen) atoms. The van der Waals surface area contributed by atoms with Crippen molar-refractivity contribution in [1.29, 1.82) is 0 Å². The summed E-state index contributed by atoms with van der Waals surface area (Å²) in [5, 5.41) is 0. The third kappa shape index (κ3) is 9.63. The third-order valence-corrected chi connectivity index (χ3v) is 13.1. The Hall–Kier alpha value is 0.140. The summed E-state index contributed by atoms with van der Waals surface area (Å²) in [5.41, 5.74) is 1.10. The van der Waals surface area contributed by atoms with Crippen LogP contribution in [0.5, 0.6) is 0 Å². The predicted octanol–water partition coefficient (Wildman–Crippen LogP) is 9.58. The van der Waals surface area contributed by atoms with Crippen LogP contribution in [-0.4, -0.2) is 63.6 Å². The molecular formula is C28H21Cl10N3O5S3. The number of allylic oxidation sites excluding steroid dienone is 2. The smallest absolute Gasteiger partial charge is 0.273 e. The van der Waals surface area contributed by atoms with Crippen LogP contribution >= 0.6 is 152 Å². The van der Waals surface area contributed by atoms with Crippen molar-refractivity contribution in [3.05, 3.63) is 59.7 Å². The Kier molecular flexibility index (Phi) is 14.2. The maximum Gasteiger partial charge on any atom is 0.275 e. The van der Waals surface area contributed by atoms with Gasteiger partial charge in [0.15, 0.2) is 4.84 Å². The number of imide groups is 2. The van der Waals surface area contributed by atoms with E-state index in [0.29, 0.717) is 47.9 Å². The monoisotopic (exact) mass is 925 g/mol. The number of benzene rings is 1. The van der Waals surface area contributed by atoms with E-state index in [-0.39, 0.29) is 52.3 Å². The van der Waals surface area contributed by atoms with Crippen molar-refractivity contribution in [3.8, 4) is 0 Å². The SMILES string of the molecule is O=C1C2C=CCCC2C(=O)N1SC(Cl)(Cl)C(Cl)Cl.O=C1C2C=CCCC2C(=O)N1SC(Cl)(Cl)Cl.O=C1c2ccccc2C(=S)N1C(Cl)(Cl)Cl. The molecule has 266 valence electrons. The topological polar surface area (TPSA) is 95.1 Å². The summed E-state index contributed by atoms with van der Waals surface area (Å²) in [4.78, 5) is 59.9. The minimum absolute atomic E-state index is 0.246. The van der Waals surface area contributed by atoms with Crippen LogP contribution in [0.25, 0.3) is 0 Å². The zero-order valence-electron chi connectivity index (χ0n) is 24.2. The Labute approximate surface area is 345 Å². The van der Waals surface area contributed by atoms with Gasteiger partial charge in [0, 0.05) is 29.5 Å². The highest BCUT2D eigenvalue weighted by Gasteiger charge is 2.52. The van der Waals surface area contributed by atoms with E-state index in [1.54, 1.807) is 36.4 Å². The second kappa shape index (κ2) is 16.7. The van der Waals surface area contributed by atoms with E-state index in [9.17, 15) is 24.0 Å². The fourth-order valence-electron chi connectivity index (χ4n) is 5.38. The van der Waals surface area contributed by atoms with Gasteiger partial charge in [0.1, 0.15) is 4.99 Å². The van der Waals surface area contributed by atoms with Gasteiger partial charge in [0.25, 0.3) is 12.9 Å². The summed E-state index contributed by atoms with van der Waals surface area (Å²) >= 11 is 63.1. The number of nitrogens with zero attached hydrogens (tertiary/aromatic N) is 3. The molecule has 2 aliphatic carbocycles. The number of carbonyl (C=O) groups is 5. The average Bonchev–Trinajstić information content (AvgIpc) is 3.53. The van der Waals surface area contributed by atoms with Gasteiger partial charge in [-0.2, -0.15) is 0 Å². The lowest BCUT2D eigenvalue weighted by Crippen LogP contribution is -2.39. The van der Waals surface area contributed by atoms with Crippen molar-refractivity contribution < 1.29 is 24.0 Å². The summed E-state index contributed by atoms with van der Waals surface area (Å²) < 4.78 is -3.19. The number of thiocarbonyl (C=S) groups is 1. The molecule has 2 fully saturated rings. The molecule has 8 nitrogen and oxygen atoms in total. The van der Waals surface area contributed by atoms with Gasteiger partial charge in [0.05, 0.1) is 29.2 Å². The molecule has 0 bridgehead atoms. The lowest BCUT2D eigenvalue weighted by molar-refractivity contribution is -0.134. The molecule has 4 atom stereocenters. The Morgan fingerprint density at radius 2 is 1.14 bits per heavy atom. The number of halogens is 10. The van der Waals surface area contributed by atoms with Crippen LogP contribution < -0.4 is 0 Å². The van der Waals surface area contributed by atoms with Crippen molar-refractivity contribution in [3.63, 3.8) is 0 Å². The summed E-state index contributed by atoms with van der Waals surface area (Å²) in [6, 6.07) is 6.90. The van der Waals surface area contributed by atoms with Crippen molar-refractivity contribution in [2.75, 3.05) is 0 Å². The first-order chi connectivity index (χ1) is 22.7. The average molecular weight is 930 g/mol. The molecule has 3 aliphatic heterocycles. The minimum Gasteiger partial charge on any atom is -0.273 e. The fraction of sp³-hybridized carbons (Fsp3) is 0.429. The van der Waals surface area contributed by atoms with Gasteiger partial charge in [-0.25, -0.2) is 8.61 Å². The van der Waals surface area contributed by atoms with Gasteiger partial charge in [-0.1, -0.05) is 148 Å². The lowest BCUT2D eigenvalue weighted by atomic mass is 9.86. The second-order valence-corrected chi connectivity index (χ2v) is 21.5. The van der Waals surface area contributed by atoms with Gasteiger partial charge in [-0.3, -0.25) is 28.9 Å². The number of amides is 5. The van der Waals surface area contributed by atoms with Gasteiger partial charge in [0.2, 0.25) is 27.3 Å². The highest BCUT2D eigenvalue weighted by atomic mass is 35.6. The van der Waals surface area contributed by atoms with Gasteiger partial charge >= 0.3 is 0 Å². The van der Waals surface area contributed by atoms with Gasteiger partial charge in [-0.15, -0.1) is 23.2 Å². The maximum absolute atomic E-state index is 12.1. The molecule has 1 aromatic rings. The van der Waals surface area contributed by atoms with Crippen LogP contribution in [0.3, 0.4) is 0 Å². The van der Waals surface area contributed by atoms with E-state index >= 15 is 0 Å². The number of carbonyl (C=O) groups excluding carboxylic acids is 5. The largest absolute Gasteiger partial charge is 0.275 e. The Morgan fingerprint density at radius 1 is 0.694 bits per heavy atom. The number of alkyl halides is 10. The normalized spacial score (nSPS) is 24.9. The zero-order chi connectivity index (χ0) is 36.6. The maximum atomic E-state index is 12.1. The first-order valence-corrected chi connectivity index (χ1v) is 19.8. The third-order valence-electron chi connectivity index (χ3n) is 7.56. The van der Waals surface area contributed by atoms with E-state index in [2.05, 4.69) is 0 Å². The van der Waals surface area contributed by atoms with E-state index < -0.39 is 21.5 Å². The molecular weight excluding hydrogens is 909 g/mol. The molecule has 0 saturated carbocycles. The summed E-state index contributed by atoms with van der Waals surface area (Å²) in [6.45, 7) is 0. The highest BCUT2D eigenvalue weighted by molar-refractivity contribution is 8.03. The summed E-state index contributed by atoms with van der Waals surface area (Å²) in [6.07, 6.45) is 10.3. The van der Waals surface area contributed by atoms with E-state index in [1.807, 2.05) is 12.2 Å². The zero-order valence-corrected chi connectivity index (χ0v) is 34.2. The molecule has 0 N–H and O–H groups in total. The molecule has 21 heteroatoms. The predicted molar refractivity (Wildman–Crippen MR) is 204 cm³/mol. The van der Waals surface area contributed by atoms with Crippen LogP contribution in [-0.2, 0) is 19.2 Å². The second-order valence-electron chi connectivity index (χ2n) is 10.7. The standard InChI is InChI=1S/C10H9Cl4NO2S.C9H8Cl3NO2S.C9H4Cl3NOS/c11-9(12)10(13,14)18-15-7(16)5-3-1-2-4-6(5)8(15)17;10-9(11,12)16-13-7(14)5-3-1-2-4-6(5)8(13)15;10-9(11,12)13-7(14)5-3-1-2-4-6(5)8(13)15/h1,3,5-6,9H,2,4H2;1,3,5-6H,2,4H2;1-4H.